The van der Waals surface area contributed by atoms with E-state index in [9.17, 15) is 0 Å². The lowest BCUT2D eigenvalue weighted by molar-refractivity contribution is 0.165. The van der Waals surface area contributed by atoms with E-state index in [1.807, 2.05) is 17.9 Å². The Kier molecular flexibility index (Phi) is 3.07. The first-order chi connectivity index (χ1) is 7.18. The Morgan fingerprint density at radius 2 is 2.40 bits per heavy atom. The summed E-state index contributed by atoms with van der Waals surface area (Å²) in [7, 11) is 2.00. The summed E-state index contributed by atoms with van der Waals surface area (Å²) in [5, 5.41) is 7.69. The second-order valence-corrected chi connectivity index (χ2v) is 4.40. The Balaban J connectivity index is 2.04. The summed E-state index contributed by atoms with van der Waals surface area (Å²) in [4.78, 5) is 2.51. The monoisotopic (exact) mass is 208 g/mol. The van der Waals surface area contributed by atoms with E-state index >= 15 is 0 Å². The van der Waals surface area contributed by atoms with Gasteiger partial charge in [-0.15, -0.1) is 0 Å². The maximum Gasteiger partial charge on any atom is 0.0537 e. The number of hydrogen-bond donors (Lipinski definition) is 1. The molecular formula is C11H20N4. The molecule has 4 heteroatoms. The van der Waals surface area contributed by atoms with E-state index in [0.717, 1.165) is 26.2 Å². The number of aryl methyl sites for hydroxylation is 1. The second-order valence-electron chi connectivity index (χ2n) is 4.40. The number of nitrogens with zero attached hydrogens (tertiary/aromatic N) is 3. The van der Waals surface area contributed by atoms with Crippen LogP contribution in [-0.4, -0.2) is 40.4 Å². The van der Waals surface area contributed by atoms with Crippen LogP contribution in [0.3, 0.4) is 0 Å². The zero-order chi connectivity index (χ0) is 10.8. The van der Waals surface area contributed by atoms with E-state index in [1.165, 1.54) is 11.3 Å². The highest BCUT2D eigenvalue weighted by Crippen LogP contribution is 2.12. The van der Waals surface area contributed by atoms with Gasteiger partial charge in [-0.1, -0.05) is 0 Å². The molecule has 2 rings (SSSR count). The fourth-order valence-corrected chi connectivity index (χ4v) is 2.04. The molecule has 0 saturated carbocycles. The molecule has 84 valence electrons. The average Bonchev–Trinajstić information content (AvgIpc) is 2.53. The average molecular weight is 208 g/mol. The summed E-state index contributed by atoms with van der Waals surface area (Å²) in [6, 6.07) is 0.623. The third-order valence-electron chi connectivity index (χ3n) is 3.35. The van der Waals surface area contributed by atoms with Crippen LogP contribution in [0.4, 0.5) is 0 Å². The largest absolute Gasteiger partial charge is 0.314 e. The molecule has 1 aromatic heterocycles. The number of hydrogen-bond acceptors (Lipinski definition) is 3. The molecule has 1 saturated heterocycles. The summed E-state index contributed by atoms with van der Waals surface area (Å²) >= 11 is 0. The van der Waals surface area contributed by atoms with Crippen LogP contribution in [0, 0.1) is 6.92 Å². The molecule has 4 nitrogen and oxygen atoms in total. The van der Waals surface area contributed by atoms with Crippen molar-refractivity contribution in [3.05, 3.63) is 17.5 Å². The van der Waals surface area contributed by atoms with Crippen molar-refractivity contribution in [3.63, 3.8) is 0 Å². The zero-order valence-electron chi connectivity index (χ0n) is 9.82. The second kappa shape index (κ2) is 4.33. The van der Waals surface area contributed by atoms with Crippen LogP contribution < -0.4 is 5.32 Å². The van der Waals surface area contributed by atoms with Gasteiger partial charge in [0, 0.05) is 50.5 Å². The maximum absolute atomic E-state index is 4.28. The van der Waals surface area contributed by atoms with Gasteiger partial charge in [-0.25, -0.2) is 0 Å². The first-order valence-electron chi connectivity index (χ1n) is 5.60. The maximum atomic E-state index is 4.28. The molecule has 0 amide bonds. The third kappa shape index (κ3) is 2.21. The van der Waals surface area contributed by atoms with Gasteiger partial charge in [-0.05, 0) is 13.8 Å². The Labute approximate surface area is 91.3 Å². The van der Waals surface area contributed by atoms with E-state index < -0.39 is 0 Å². The predicted molar refractivity (Wildman–Crippen MR) is 60.7 cm³/mol. The lowest BCUT2D eigenvalue weighted by Crippen LogP contribution is -2.49. The van der Waals surface area contributed by atoms with Crippen molar-refractivity contribution in [2.45, 2.75) is 26.4 Å². The van der Waals surface area contributed by atoms with Gasteiger partial charge < -0.3 is 5.32 Å². The highest BCUT2D eigenvalue weighted by Gasteiger charge is 2.19. The SMILES string of the molecule is Cc1c(CN2CCNC[C@H]2C)cnn1C. The fraction of sp³-hybridized carbons (Fsp3) is 0.727. The molecule has 0 spiro atoms. The zero-order valence-corrected chi connectivity index (χ0v) is 9.82. The van der Waals surface area contributed by atoms with Crippen LogP contribution in [0.25, 0.3) is 0 Å². The van der Waals surface area contributed by atoms with Crippen molar-refractivity contribution in [1.82, 2.24) is 20.0 Å². The van der Waals surface area contributed by atoms with E-state index in [-0.39, 0.29) is 0 Å². The molecule has 0 radical (unpaired) electrons. The van der Waals surface area contributed by atoms with Crippen LogP contribution >= 0.6 is 0 Å². The first-order valence-corrected chi connectivity index (χ1v) is 5.60. The van der Waals surface area contributed by atoms with Gasteiger partial charge in [0.15, 0.2) is 0 Å². The Morgan fingerprint density at radius 1 is 1.60 bits per heavy atom. The first kappa shape index (κ1) is 10.6. The molecule has 0 unspecified atom stereocenters. The Morgan fingerprint density at radius 3 is 3.00 bits per heavy atom. The summed E-state index contributed by atoms with van der Waals surface area (Å²) in [5.41, 5.74) is 2.63. The van der Waals surface area contributed by atoms with Crippen LogP contribution in [-0.2, 0) is 13.6 Å². The van der Waals surface area contributed by atoms with Crippen molar-refractivity contribution < 1.29 is 0 Å². The number of aromatic nitrogens is 2. The predicted octanol–water partition coefficient (Wildman–Crippen LogP) is 0.522. The van der Waals surface area contributed by atoms with Gasteiger partial charge in [-0.2, -0.15) is 5.10 Å². The Hall–Kier alpha value is -0.870. The van der Waals surface area contributed by atoms with Crippen LogP contribution in [0.15, 0.2) is 6.20 Å². The lowest BCUT2D eigenvalue weighted by Gasteiger charge is -2.33. The summed E-state index contributed by atoms with van der Waals surface area (Å²) in [6.07, 6.45) is 1.99. The van der Waals surface area contributed by atoms with Crippen molar-refractivity contribution in [2.24, 2.45) is 7.05 Å². The van der Waals surface area contributed by atoms with Crippen molar-refractivity contribution in [2.75, 3.05) is 19.6 Å². The summed E-state index contributed by atoms with van der Waals surface area (Å²) < 4.78 is 1.95. The van der Waals surface area contributed by atoms with Gasteiger partial charge >= 0.3 is 0 Å². The van der Waals surface area contributed by atoms with E-state index in [4.69, 9.17) is 0 Å². The molecule has 1 atom stereocenters. The van der Waals surface area contributed by atoms with Crippen molar-refractivity contribution in [3.8, 4) is 0 Å². The number of piperazine rings is 1. The van der Waals surface area contributed by atoms with Gasteiger partial charge in [-0.3, -0.25) is 9.58 Å². The smallest absolute Gasteiger partial charge is 0.0537 e. The minimum absolute atomic E-state index is 0.623. The molecule has 15 heavy (non-hydrogen) atoms. The topological polar surface area (TPSA) is 33.1 Å². The normalized spacial score (nSPS) is 23.3. The lowest BCUT2D eigenvalue weighted by atomic mass is 10.1. The Bertz CT molecular complexity index is 331. The summed E-state index contributed by atoms with van der Waals surface area (Å²) in [6.45, 7) is 8.77. The van der Waals surface area contributed by atoms with Gasteiger partial charge in [0.25, 0.3) is 0 Å². The number of rotatable bonds is 2. The summed E-state index contributed by atoms with van der Waals surface area (Å²) in [5.74, 6) is 0. The quantitative estimate of drug-likeness (QED) is 0.769. The molecule has 1 N–H and O–H groups in total. The molecule has 0 bridgehead atoms. The van der Waals surface area contributed by atoms with Crippen LogP contribution in [0.2, 0.25) is 0 Å². The molecule has 2 heterocycles. The molecule has 1 fully saturated rings. The highest BCUT2D eigenvalue weighted by molar-refractivity contribution is 5.15. The van der Waals surface area contributed by atoms with Gasteiger partial charge in [0.2, 0.25) is 0 Å². The molecule has 0 aromatic carbocycles. The molecular weight excluding hydrogens is 188 g/mol. The number of nitrogens with one attached hydrogen (secondary N) is 1. The van der Waals surface area contributed by atoms with Crippen LogP contribution in [0.5, 0.6) is 0 Å². The fourth-order valence-electron chi connectivity index (χ4n) is 2.04. The standard InChI is InChI=1S/C11H20N4/c1-9-6-12-4-5-15(9)8-11-7-13-14(3)10(11)2/h7,9,12H,4-6,8H2,1-3H3/t9-/m1/s1. The van der Waals surface area contributed by atoms with E-state index in [1.54, 1.807) is 0 Å². The van der Waals surface area contributed by atoms with Gasteiger partial charge in [0.1, 0.15) is 0 Å². The molecule has 1 aromatic rings. The van der Waals surface area contributed by atoms with E-state index in [2.05, 4.69) is 29.2 Å². The van der Waals surface area contributed by atoms with Crippen molar-refractivity contribution >= 4 is 0 Å². The minimum Gasteiger partial charge on any atom is -0.314 e. The van der Waals surface area contributed by atoms with Gasteiger partial charge in [0.05, 0.1) is 6.20 Å². The molecule has 0 aliphatic carbocycles. The molecule has 1 aliphatic heterocycles. The molecule has 1 aliphatic rings. The highest BCUT2D eigenvalue weighted by atomic mass is 15.3. The third-order valence-corrected chi connectivity index (χ3v) is 3.35. The van der Waals surface area contributed by atoms with E-state index in [0.29, 0.717) is 6.04 Å². The minimum atomic E-state index is 0.623. The van der Waals surface area contributed by atoms with Crippen molar-refractivity contribution in [1.29, 1.82) is 0 Å². The van der Waals surface area contributed by atoms with Crippen LogP contribution in [0.1, 0.15) is 18.2 Å².